The quantitative estimate of drug-likeness (QED) is 0.443. The summed E-state index contributed by atoms with van der Waals surface area (Å²) < 4.78 is 13.4. The fourth-order valence-electron chi connectivity index (χ4n) is 0.381. The lowest BCUT2D eigenvalue weighted by Crippen LogP contribution is -2.28. The van der Waals surface area contributed by atoms with Crippen LogP contribution in [0.25, 0.3) is 0 Å². The van der Waals surface area contributed by atoms with Gasteiger partial charge in [0.2, 0.25) is 6.33 Å². The van der Waals surface area contributed by atoms with Crippen LogP contribution >= 0.6 is 0 Å². The molecule has 2 nitrogen and oxygen atoms in total. The number of hydrogen-bond acceptors (Lipinski definition) is 0. The van der Waals surface area contributed by atoms with Crippen molar-refractivity contribution in [3.63, 3.8) is 0 Å². The maximum absolute atomic E-state index is 12.0. The number of aryl methyl sites for hydroxylation is 1. The predicted molar refractivity (Wildman–Crippen MR) is 21.9 cm³/mol. The highest BCUT2D eigenvalue weighted by atomic mass is 19.1. The highest BCUT2D eigenvalue weighted by molar-refractivity contribution is 4.60. The van der Waals surface area contributed by atoms with Gasteiger partial charge in [-0.05, 0) is 0 Å². The average molecular weight is 101 g/mol. The fraction of sp³-hybridized carbons (Fsp3) is 0.250. The van der Waals surface area contributed by atoms with Gasteiger partial charge in [0, 0.05) is 0 Å². The Balaban J connectivity index is 3.12. The van der Waals surface area contributed by atoms with Gasteiger partial charge in [-0.1, -0.05) is 0 Å². The van der Waals surface area contributed by atoms with Gasteiger partial charge >= 0.3 is 5.95 Å². The third-order valence-corrected chi connectivity index (χ3v) is 0.808. The van der Waals surface area contributed by atoms with Gasteiger partial charge in [0.1, 0.15) is 0 Å². The molecule has 0 aliphatic heterocycles. The van der Waals surface area contributed by atoms with Crippen LogP contribution in [0.2, 0.25) is 0 Å². The van der Waals surface area contributed by atoms with Gasteiger partial charge < -0.3 is 0 Å². The number of rotatable bonds is 0. The lowest BCUT2D eigenvalue weighted by Gasteiger charge is -1.73. The summed E-state index contributed by atoms with van der Waals surface area (Å²) in [6, 6.07) is 0. The van der Waals surface area contributed by atoms with Crippen LogP contribution in [0.15, 0.2) is 12.5 Å². The number of aromatic amines is 1. The standard InChI is InChI=1S/C4H5FN2/c1-7-3-6-2-4(7)5/h2-3H,1H3/p+1. The second-order valence-corrected chi connectivity index (χ2v) is 1.37. The van der Waals surface area contributed by atoms with Crippen LogP contribution in [0.5, 0.6) is 0 Å². The minimum atomic E-state index is -0.250. The number of halogens is 1. The van der Waals surface area contributed by atoms with Gasteiger partial charge in [0.05, 0.1) is 7.05 Å². The van der Waals surface area contributed by atoms with Crippen molar-refractivity contribution in [3.8, 4) is 0 Å². The number of hydrogen-bond donors (Lipinski definition) is 1. The van der Waals surface area contributed by atoms with E-state index in [2.05, 4.69) is 4.98 Å². The first-order valence-electron chi connectivity index (χ1n) is 1.98. The molecule has 0 unspecified atom stereocenters. The van der Waals surface area contributed by atoms with E-state index in [-0.39, 0.29) is 5.95 Å². The molecule has 0 aliphatic carbocycles. The van der Waals surface area contributed by atoms with Crippen molar-refractivity contribution < 1.29 is 8.96 Å². The monoisotopic (exact) mass is 101 g/mol. The zero-order valence-electron chi connectivity index (χ0n) is 3.98. The molecule has 38 valence electrons. The SMILES string of the molecule is C[n+]1c[nH]cc1F. The van der Waals surface area contributed by atoms with Crippen LogP contribution in [0.4, 0.5) is 4.39 Å². The van der Waals surface area contributed by atoms with Crippen LogP contribution in [-0.4, -0.2) is 4.98 Å². The summed E-state index contributed by atoms with van der Waals surface area (Å²) in [5.74, 6) is -0.250. The molecule has 0 atom stereocenters. The van der Waals surface area contributed by atoms with E-state index in [0.717, 1.165) is 0 Å². The molecule has 1 aromatic rings. The molecule has 0 radical (unpaired) electrons. The van der Waals surface area contributed by atoms with Crippen molar-refractivity contribution >= 4 is 0 Å². The second-order valence-electron chi connectivity index (χ2n) is 1.37. The van der Waals surface area contributed by atoms with Crippen molar-refractivity contribution in [1.82, 2.24) is 4.98 Å². The zero-order chi connectivity index (χ0) is 5.28. The van der Waals surface area contributed by atoms with Gasteiger partial charge in [-0.15, -0.1) is 0 Å². The van der Waals surface area contributed by atoms with E-state index in [1.54, 1.807) is 7.05 Å². The minimum absolute atomic E-state index is 0.250. The van der Waals surface area contributed by atoms with Crippen molar-refractivity contribution in [2.45, 2.75) is 0 Å². The molecule has 3 heteroatoms. The molecule has 0 bridgehead atoms. The van der Waals surface area contributed by atoms with E-state index in [1.165, 1.54) is 17.1 Å². The molecule has 0 fully saturated rings. The minimum Gasteiger partial charge on any atom is -0.247 e. The van der Waals surface area contributed by atoms with E-state index >= 15 is 0 Å². The van der Waals surface area contributed by atoms with Gasteiger partial charge in [-0.3, -0.25) is 0 Å². The Kier molecular flexibility index (Phi) is 0.817. The normalized spacial score (nSPS) is 9.43. The third kappa shape index (κ3) is 0.607. The Morgan fingerprint density at radius 2 is 2.57 bits per heavy atom. The summed E-state index contributed by atoms with van der Waals surface area (Å²) in [7, 11) is 1.63. The maximum atomic E-state index is 12.0. The summed E-state index contributed by atoms with van der Waals surface area (Å²) in [6.07, 6.45) is 2.83. The molecule has 7 heavy (non-hydrogen) atoms. The lowest BCUT2D eigenvalue weighted by molar-refractivity contribution is -0.698. The van der Waals surface area contributed by atoms with Crippen LogP contribution < -0.4 is 4.57 Å². The first-order chi connectivity index (χ1) is 3.30. The summed E-state index contributed by atoms with van der Waals surface area (Å²) in [6.45, 7) is 0. The molecular weight excluding hydrogens is 95.1 g/mol. The Morgan fingerprint density at radius 3 is 2.71 bits per heavy atom. The summed E-state index contributed by atoms with van der Waals surface area (Å²) in [5.41, 5.74) is 0. The molecule has 0 amide bonds. The zero-order valence-corrected chi connectivity index (χ0v) is 3.98. The van der Waals surface area contributed by atoms with E-state index in [0.29, 0.717) is 0 Å². The molecule has 0 aromatic carbocycles. The van der Waals surface area contributed by atoms with E-state index < -0.39 is 0 Å². The molecular formula is C4H6FN2+. The number of imidazole rings is 1. The molecule has 1 N–H and O–H groups in total. The molecule has 0 spiro atoms. The van der Waals surface area contributed by atoms with Crippen LogP contribution in [0, 0.1) is 5.95 Å². The number of aromatic nitrogens is 2. The van der Waals surface area contributed by atoms with Crippen molar-refractivity contribution in [1.29, 1.82) is 0 Å². The van der Waals surface area contributed by atoms with E-state index in [9.17, 15) is 4.39 Å². The van der Waals surface area contributed by atoms with Gasteiger partial charge in [-0.25, -0.2) is 9.55 Å². The Hall–Kier alpha value is -0.860. The molecule has 1 heterocycles. The number of nitrogens with one attached hydrogen (secondary N) is 1. The Morgan fingerprint density at radius 1 is 1.86 bits per heavy atom. The number of H-pyrrole nitrogens is 1. The Bertz CT molecular complexity index is 142. The van der Waals surface area contributed by atoms with Crippen LogP contribution in [0.1, 0.15) is 0 Å². The molecule has 0 saturated heterocycles. The van der Waals surface area contributed by atoms with Crippen molar-refractivity contribution in [3.05, 3.63) is 18.5 Å². The highest BCUT2D eigenvalue weighted by Crippen LogP contribution is 1.78. The molecule has 0 aliphatic rings. The van der Waals surface area contributed by atoms with Crippen molar-refractivity contribution in [2.75, 3.05) is 0 Å². The maximum Gasteiger partial charge on any atom is 0.316 e. The summed E-state index contributed by atoms with van der Waals surface area (Å²) >= 11 is 0. The van der Waals surface area contributed by atoms with Crippen LogP contribution in [0.3, 0.4) is 0 Å². The third-order valence-electron chi connectivity index (χ3n) is 0.808. The largest absolute Gasteiger partial charge is 0.316 e. The second kappa shape index (κ2) is 1.33. The predicted octanol–water partition coefficient (Wildman–Crippen LogP) is -0.0217. The highest BCUT2D eigenvalue weighted by Gasteiger charge is 1.97. The van der Waals surface area contributed by atoms with Gasteiger partial charge in [0.25, 0.3) is 0 Å². The smallest absolute Gasteiger partial charge is 0.247 e. The van der Waals surface area contributed by atoms with Gasteiger partial charge in [0.15, 0.2) is 6.20 Å². The number of nitrogens with zero attached hydrogens (tertiary/aromatic N) is 1. The molecule has 1 aromatic heterocycles. The van der Waals surface area contributed by atoms with Crippen molar-refractivity contribution in [2.24, 2.45) is 7.05 Å². The average Bonchev–Trinajstić information content (AvgIpc) is 1.91. The Labute approximate surface area is 40.6 Å². The topological polar surface area (TPSA) is 19.7 Å². The van der Waals surface area contributed by atoms with E-state index in [1.807, 2.05) is 0 Å². The van der Waals surface area contributed by atoms with E-state index in [4.69, 9.17) is 0 Å². The summed E-state index contributed by atoms with van der Waals surface area (Å²) in [4.78, 5) is 2.59. The first-order valence-corrected chi connectivity index (χ1v) is 1.98. The fourth-order valence-corrected chi connectivity index (χ4v) is 0.381. The lowest BCUT2D eigenvalue weighted by atomic mass is 10.9. The first kappa shape index (κ1) is 4.30. The van der Waals surface area contributed by atoms with Gasteiger partial charge in [-0.2, -0.15) is 4.39 Å². The van der Waals surface area contributed by atoms with Crippen LogP contribution in [-0.2, 0) is 7.05 Å². The summed E-state index contributed by atoms with van der Waals surface area (Å²) in [5, 5.41) is 0. The molecule has 1 rings (SSSR count). The molecule has 0 saturated carbocycles.